The first-order valence-electron chi connectivity index (χ1n) is 10.3. The molecule has 0 saturated carbocycles. The Bertz CT molecular complexity index is 1310. The first-order chi connectivity index (χ1) is 16.4. The number of carbonyl (C=O) groups is 2. The van der Waals surface area contributed by atoms with Gasteiger partial charge in [0.1, 0.15) is 11.5 Å². The van der Waals surface area contributed by atoms with Crippen molar-refractivity contribution in [2.45, 2.75) is 13.8 Å². The predicted molar refractivity (Wildman–Crippen MR) is 134 cm³/mol. The number of methoxy groups -OCH3 is 1. The normalized spacial score (nSPS) is 10.6. The summed E-state index contributed by atoms with van der Waals surface area (Å²) in [6, 6.07) is 14.5. The van der Waals surface area contributed by atoms with Crippen molar-refractivity contribution in [1.82, 2.24) is 9.97 Å². The molecule has 0 aliphatic rings. The van der Waals surface area contributed by atoms with Crippen molar-refractivity contribution < 1.29 is 19.1 Å². The smallest absolute Gasteiger partial charge is 0.264 e. The summed E-state index contributed by atoms with van der Waals surface area (Å²) in [6.07, 6.45) is 0. The van der Waals surface area contributed by atoms with Crippen LogP contribution in [0.2, 0.25) is 0 Å². The van der Waals surface area contributed by atoms with Crippen LogP contribution in [-0.2, 0) is 4.79 Å². The van der Waals surface area contributed by atoms with Gasteiger partial charge < -0.3 is 9.47 Å². The minimum atomic E-state index is -0.308. The number of para-hydroxylation sites is 1. The lowest BCUT2D eigenvalue weighted by Gasteiger charge is -2.06. The van der Waals surface area contributed by atoms with Crippen LogP contribution in [0, 0.1) is 13.8 Å². The maximum Gasteiger partial charge on any atom is 0.264 e. The Kier molecular flexibility index (Phi) is 7.19. The van der Waals surface area contributed by atoms with Crippen LogP contribution in [0.5, 0.6) is 11.5 Å². The Hall–Kier alpha value is -3.76. The van der Waals surface area contributed by atoms with Crippen molar-refractivity contribution in [2.24, 2.45) is 0 Å². The van der Waals surface area contributed by atoms with Gasteiger partial charge >= 0.3 is 0 Å². The van der Waals surface area contributed by atoms with Gasteiger partial charge in [-0.15, -0.1) is 11.3 Å². The molecule has 0 atom stereocenters. The van der Waals surface area contributed by atoms with Gasteiger partial charge in [-0.25, -0.2) is 9.97 Å². The van der Waals surface area contributed by atoms with Gasteiger partial charge in [-0.2, -0.15) is 0 Å². The summed E-state index contributed by atoms with van der Waals surface area (Å²) >= 11 is 2.62. The summed E-state index contributed by atoms with van der Waals surface area (Å²) in [5, 5.41) is 8.31. The highest BCUT2D eigenvalue weighted by atomic mass is 32.1. The summed E-state index contributed by atoms with van der Waals surface area (Å²) in [6.45, 7) is 3.72. The molecule has 2 N–H and O–H groups in total. The second-order valence-corrected chi connectivity index (χ2v) is 9.13. The number of nitrogens with one attached hydrogen (secondary N) is 2. The molecule has 0 bridgehead atoms. The Morgan fingerprint density at radius 1 is 0.971 bits per heavy atom. The fraction of sp³-hybridized carbons (Fsp3) is 0.167. The quantitative estimate of drug-likeness (QED) is 0.351. The lowest BCUT2D eigenvalue weighted by Crippen LogP contribution is -2.20. The molecule has 2 amide bonds. The third-order valence-corrected chi connectivity index (χ3v) is 6.60. The molecule has 0 aliphatic heterocycles. The van der Waals surface area contributed by atoms with Crippen molar-refractivity contribution in [3.05, 3.63) is 70.7 Å². The van der Waals surface area contributed by atoms with E-state index in [9.17, 15) is 9.59 Å². The maximum absolute atomic E-state index is 12.7. The van der Waals surface area contributed by atoms with Gasteiger partial charge in [0.15, 0.2) is 16.9 Å². The van der Waals surface area contributed by atoms with E-state index < -0.39 is 0 Å². The minimum absolute atomic E-state index is 0.114. The molecule has 2 aromatic heterocycles. The van der Waals surface area contributed by atoms with Gasteiger partial charge in [-0.3, -0.25) is 20.2 Å². The number of rotatable bonds is 8. The zero-order valence-corrected chi connectivity index (χ0v) is 20.4. The van der Waals surface area contributed by atoms with Crippen molar-refractivity contribution in [1.29, 1.82) is 0 Å². The van der Waals surface area contributed by atoms with E-state index in [2.05, 4.69) is 20.6 Å². The standard InChI is InChI=1S/C24H22N4O4S2/c1-14-8-10-16(11-9-14)32-12-20(29)27-23-26-18(13-33-23)21-15(2)25-24(34-21)28-22(30)17-6-4-5-7-19(17)31-3/h4-11,13H,12H2,1-3H3,(H,25,28,30)(H,26,27,29). The van der Waals surface area contributed by atoms with E-state index in [4.69, 9.17) is 9.47 Å². The molecular formula is C24H22N4O4S2. The molecule has 174 valence electrons. The molecule has 0 spiro atoms. The number of hydrogen-bond donors (Lipinski definition) is 2. The second kappa shape index (κ2) is 10.4. The van der Waals surface area contributed by atoms with Gasteiger partial charge in [0, 0.05) is 5.38 Å². The minimum Gasteiger partial charge on any atom is -0.496 e. The summed E-state index contributed by atoms with van der Waals surface area (Å²) in [4.78, 5) is 34.7. The maximum atomic E-state index is 12.7. The van der Waals surface area contributed by atoms with E-state index >= 15 is 0 Å². The monoisotopic (exact) mass is 494 g/mol. The first-order valence-corrected chi connectivity index (χ1v) is 12.0. The topological polar surface area (TPSA) is 102 Å². The fourth-order valence-electron chi connectivity index (χ4n) is 3.06. The third kappa shape index (κ3) is 5.59. The molecule has 0 aliphatic carbocycles. The third-order valence-electron chi connectivity index (χ3n) is 4.74. The van der Waals surface area contributed by atoms with Gasteiger partial charge in [-0.05, 0) is 38.1 Å². The number of ether oxygens (including phenoxy) is 2. The SMILES string of the molecule is COc1ccccc1C(=O)Nc1nc(C)c(-c2csc(NC(=O)COc3ccc(C)cc3)n2)s1. The van der Waals surface area contributed by atoms with Gasteiger partial charge in [0.05, 0.1) is 28.9 Å². The average molecular weight is 495 g/mol. The number of hydrogen-bond acceptors (Lipinski definition) is 8. The largest absolute Gasteiger partial charge is 0.496 e. The number of aryl methyl sites for hydroxylation is 2. The molecule has 0 radical (unpaired) electrons. The lowest BCUT2D eigenvalue weighted by atomic mass is 10.2. The van der Waals surface area contributed by atoms with Gasteiger partial charge in [0.25, 0.3) is 11.8 Å². The molecule has 2 heterocycles. The molecule has 2 aromatic carbocycles. The lowest BCUT2D eigenvalue weighted by molar-refractivity contribution is -0.118. The predicted octanol–water partition coefficient (Wildman–Crippen LogP) is 5.16. The number of carbonyl (C=O) groups excluding carboxylic acids is 2. The summed E-state index contributed by atoms with van der Waals surface area (Å²) in [5.41, 5.74) is 2.94. The van der Waals surface area contributed by atoms with Crippen LogP contribution in [0.1, 0.15) is 21.6 Å². The Morgan fingerprint density at radius 3 is 2.50 bits per heavy atom. The molecule has 4 aromatic rings. The molecule has 10 heteroatoms. The molecule has 4 rings (SSSR count). The first kappa shape index (κ1) is 23.4. The van der Waals surface area contributed by atoms with E-state index in [0.717, 1.165) is 16.1 Å². The molecule has 0 unspecified atom stereocenters. The zero-order chi connectivity index (χ0) is 24.1. The number of anilines is 2. The highest BCUT2D eigenvalue weighted by Crippen LogP contribution is 2.35. The number of thiazole rings is 2. The molecular weight excluding hydrogens is 472 g/mol. The van der Waals surface area contributed by atoms with E-state index in [-0.39, 0.29) is 18.4 Å². The van der Waals surface area contributed by atoms with Crippen LogP contribution in [0.15, 0.2) is 53.9 Å². The Labute approximate surface area is 204 Å². The number of nitrogens with zero attached hydrogens (tertiary/aromatic N) is 2. The zero-order valence-electron chi connectivity index (χ0n) is 18.7. The van der Waals surface area contributed by atoms with E-state index in [1.807, 2.05) is 43.5 Å². The number of benzene rings is 2. The van der Waals surface area contributed by atoms with Crippen molar-refractivity contribution in [2.75, 3.05) is 24.4 Å². The van der Waals surface area contributed by atoms with Crippen LogP contribution in [0.4, 0.5) is 10.3 Å². The van der Waals surface area contributed by atoms with Crippen LogP contribution in [0.3, 0.4) is 0 Å². The molecule has 34 heavy (non-hydrogen) atoms. The van der Waals surface area contributed by atoms with Gasteiger partial charge in [0.2, 0.25) is 0 Å². The number of aromatic nitrogens is 2. The number of amides is 2. The summed E-state index contributed by atoms with van der Waals surface area (Å²) in [5.74, 6) is 0.508. The van der Waals surface area contributed by atoms with Crippen molar-refractivity contribution in [3.63, 3.8) is 0 Å². The average Bonchev–Trinajstić information content (AvgIpc) is 3.44. The van der Waals surface area contributed by atoms with E-state index in [1.165, 1.54) is 29.8 Å². The molecule has 0 fully saturated rings. The highest BCUT2D eigenvalue weighted by molar-refractivity contribution is 7.20. The molecule has 8 nitrogen and oxygen atoms in total. The Balaban J connectivity index is 1.39. The van der Waals surface area contributed by atoms with Crippen molar-refractivity contribution in [3.8, 4) is 22.1 Å². The summed E-state index contributed by atoms with van der Waals surface area (Å²) in [7, 11) is 1.52. The van der Waals surface area contributed by atoms with Crippen LogP contribution in [0.25, 0.3) is 10.6 Å². The summed E-state index contributed by atoms with van der Waals surface area (Å²) < 4.78 is 10.8. The fourth-order valence-corrected chi connectivity index (χ4v) is 4.77. The molecule has 0 saturated heterocycles. The second-order valence-electron chi connectivity index (χ2n) is 7.28. The van der Waals surface area contributed by atoms with Crippen molar-refractivity contribution >= 4 is 44.8 Å². The Morgan fingerprint density at radius 2 is 1.74 bits per heavy atom. The van der Waals surface area contributed by atoms with E-state index in [0.29, 0.717) is 33.0 Å². The van der Waals surface area contributed by atoms with Crippen LogP contribution >= 0.6 is 22.7 Å². The van der Waals surface area contributed by atoms with E-state index in [1.54, 1.807) is 24.3 Å². The highest BCUT2D eigenvalue weighted by Gasteiger charge is 2.18. The van der Waals surface area contributed by atoms with Crippen LogP contribution < -0.4 is 20.1 Å². The van der Waals surface area contributed by atoms with Crippen LogP contribution in [-0.4, -0.2) is 35.5 Å². The van der Waals surface area contributed by atoms with Gasteiger partial charge in [-0.1, -0.05) is 41.2 Å².